The molecule has 2 aromatic rings. The first-order chi connectivity index (χ1) is 15.5. The van der Waals surface area contributed by atoms with Gasteiger partial charge in [0.2, 0.25) is 5.89 Å². The van der Waals surface area contributed by atoms with Crippen molar-refractivity contribution in [2.24, 2.45) is 0 Å². The van der Waals surface area contributed by atoms with Gasteiger partial charge in [0.1, 0.15) is 11.3 Å². The molecule has 4 rings (SSSR count). The van der Waals surface area contributed by atoms with E-state index in [1.54, 1.807) is 18.2 Å². The third-order valence-corrected chi connectivity index (χ3v) is 4.89. The van der Waals surface area contributed by atoms with Gasteiger partial charge in [-0.05, 0) is 36.8 Å². The molecule has 0 spiro atoms. The first kappa shape index (κ1) is 21.0. The molecule has 0 radical (unpaired) electrons. The molecule has 4 amide bonds. The zero-order valence-corrected chi connectivity index (χ0v) is 17.4. The van der Waals surface area contributed by atoms with Crippen LogP contribution in [-0.4, -0.2) is 29.4 Å². The summed E-state index contributed by atoms with van der Waals surface area (Å²) in [6.45, 7) is 2.31. The van der Waals surface area contributed by atoms with Crippen molar-refractivity contribution >= 4 is 17.8 Å². The number of allylic oxidation sites excluding steroid dienone is 6. The standard InChI is InChI=1S/C24H21N3O5/c1-15-20(25-23(32-15)17-7-3-2-4-8-17)12-13-31-18-9-5-6-16(10-11-18)14-19-21(28)26-24(30)27-22(19)29/h2-8,10-11,14H,9,12-13H2,1H3,(H2,26,27,28,29,30). The van der Waals surface area contributed by atoms with Crippen molar-refractivity contribution in [1.82, 2.24) is 15.6 Å². The highest BCUT2D eigenvalue weighted by molar-refractivity contribution is 6.29. The largest absolute Gasteiger partial charge is 0.497 e. The second kappa shape index (κ2) is 9.30. The molecule has 2 aliphatic rings. The van der Waals surface area contributed by atoms with Crippen LogP contribution in [0.2, 0.25) is 0 Å². The number of amides is 4. The molecule has 0 unspecified atom stereocenters. The lowest BCUT2D eigenvalue weighted by Gasteiger charge is -2.13. The van der Waals surface area contributed by atoms with Crippen molar-refractivity contribution in [2.45, 2.75) is 19.8 Å². The highest BCUT2D eigenvalue weighted by atomic mass is 16.5. The van der Waals surface area contributed by atoms with E-state index >= 15 is 0 Å². The molecule has 0 saturated carbocycles. The van der Waals surface area contributed by atoms with Gasteiger partial charge in [-0.3, -0.25) is 20.2 Å². The summed E-state index contributed by atoms with van der Waals surface area (Å²) in [6, 6.07) is 8.90. The number of urea groups is 1. The lowest BCUT2D eigenvalue weighted by Crippen LogP contribution is -2.51. The number of carbonyl (C=O) groups excluding carboxylic acids is 3. The molecule has 1 aromatic carbocycles. The fourth-order valence-electron chi connectivity index (χ4n) is 3.24. The summed E-state index contributed by atoms with van der Waals surface area (Å²) in [7, 11) is 0. The second-order valence-electron chi connectivity index (χ2n) is 7.19. The molecule has 162 valence electrons. The van der Waals surface area contributed by atoms with Gasteiger partial charge in [-0.25, -0.2) is 9.78 Å². The normalized spacial score (nSPS) is 16.0. The topological polar surface area (TPSA) is 111 Å². The number of hydrogen-bond acceptors (Lipinski definition) is 6. The van der Waals surface area contributed by atoms with Crippen LogP contribution in [-0.2, 0) is 20.7 Å². The van der Waals surface area contributed by atoms with E-state index in [1.165, 1.54) is 6.08 Å². The van der Waals surface area contributed by atoms with E-state index in [1.807, 2.05) is 43.3 Å². The van der Waals surface area contributed by atoms with Gasteiger partial charge in [-0.1, -0.05) is 36.4 Å². The molecular formula is C24H21N3O5. The number of carbonyl (C=O) groups is 3. The van der Waals surface area contributed by atoms with Crippen LogP contribution in [0.3, 0.4) is 0 Å². The number of aryl methyl sites for hydroxylation is 1. The highest BCUT2D eigenvalue weighted by Crippen LogP contribution is 2.22. The Hall–Kier alpha value is -4.20. The van der Waals surface area contributed by atoms with E-state index in [4.69, 9.17) is 9.15 Å². The number of imide groups is 2. The molecule has 1 aliphatic heterocycles. The molecule has 8 nitrogen and oxygen atoms in total. The van der Waals surface area contributed by atoms with E-state index in [9.17, 15) is 14.4 Å². The number of benzene rings is 1. The van der Waals surface area contributed by atoms with Crippen LogP contribution < -0.4 is 10.6 Å². The van der Waals surface area contributed by atoms with Gasteiger partial charge in [0.15, 0.2) is 0 Å². The minimum atomic E-state index is -0.823. The molecule has 2 N–H and O–H groups in total. The minimum Gasteiger partial charge on any atom is -0.497 e. The number of nitrogens with one attached hydrogen (secondary N) is 2. The molecule has 1 fully saturated rings. The van der Waals surface area contributed by atoms with Gasteiger partial charge in [0.05, 0.1) is 18.1 Å². The monoisotopic (exact) mass is 431 g/mol. The molecule has 1 aromatic heterocycles. The Balaban J connectivity index is 1.38. The lowest BCUT2D eigenvalue weighted by molar-refractivity contribution is -0.124. The lowest BCUT2D eigenvalue weighted by atomic mass is 10.1. The molecule has 1 saturated heterocycles. The Morgan fingerprint density at radius 2 is 1.84 bits per heavy atom. The second-order valence-corrected chi connectivity index (χ2v) is 7.19. The van der Waals surface area contributed by atoms with Gasteiger partial charge >= 0.3 is 6.03 Å². The smallest absolute Gasteiger partial charge is 0.328 e. The number of aromatic nitrogens is 1. The van der Waals surface area contributed by atoms with Crippen LogP contribution in [0.5, 0.6) is 0 Å². The number of hydrogen-bond donors (Lipinski definition) is 2. The van der Waals surface area contributed by atoms with Crippen molar-refractivity contribution in [2.75, 3.05) is 6.61 Å². The highest BCUT2D eigenvalue weighted by Gasteiger charge is 2.27. The fourth-order valence-corrected chi connectivity index (χ4v) is 3.24. The average molecular weight is 431 g/mol. The Morgan fingerprint density at radius 3 is 2.59 bits per heavy atom. The number of oxazole rings is 1. The van der Waals surface area contributed by atoms with Crippen molar-refractivity contribution in [3.8, 4) is 11.5 Å². The summed E-state index contributed by atoms with van der Waals surface area (Å²) >= 11 is 0. The number of nitrogens with zero attached hydrogens (tertiary/aromatic N) is 1. The Kier molecular flexibility index (Phi) is 6.12. The van der Waals surface area contributed by atoms with Gasteiger partial charge in [0, 0.05) is 18.4 Å². The number of barbiturate groups is 1. The Morgan fingerprint density at radius 1 is 1.09 bits per heavy atom. The SMILES string of the molecule is Cc1oc(-c2ccccc2)nc1CCOC1=CC=C(C=C2C(=O)NC(=O)NC2=O)C=CC1. The van der Waals surface area contributed by atoms with Crippen LogP contribution in [0.1, 0.15) is 17.9 Å². The summed E-state index contributed by atoms with van der Waals surface area (Å²) in [6.07, 6.45) is 9.78. The zero-order valence-electron chi connectivity index (χ0n) is 17.4. The van der Waals surface area contributed by atoms with Gasteiger partial charge in [-0.2, -0.15) is 0 Å². The Labute approximate surface area is 184 Å². The first-order valence-corrected chi connectivity index (χ1v) is 10.1. The molecule has 1 aliphatic carbocycles. The Bertz CT molecular complexity index is 1160. The van der Waals surface area contributed by atoms with Gasteiger partial charge in [-0.15, -0.1) is 0 Å². The van der Waals surface area contributed by atoms with Crippen LogP contribution in [0.4, 0.5) is 4.79 Å². The summed E-state index contributed by atoms with van der Waals surface area (Å²) < 4.78 is 11.7. The van der Waals surface area contributed by atoms with E-state index in [0.29, 0.717) is 30.9 Å². The zero-order chi connectivity index (χ0) is 22.5. The average Bonchev–Trinajstić information content (AvgIpc) is 2.99. The maximum absolute atomic E-state index is 11.9. The van der Waals surface area contributed by atoms with Crippen LogP contribution in [0.25, 0.3) is 11.5 Å². The molecule has 0 atom stereocenters. The molecule has 32 heavy (non-hydrogen) atoms. The number of rotatable bonds is 6. The fraction of sp³-hybridized carbons (Fsp3) is 0.167. The maximum atomic E-state index is 11.9. The third-order valence-electron chi connectivity index (χ3n) is 4.89. The van der Waals surface area contributed by atoms with Crippen molar-refractivity contribution in [3.63, 3.8) is 0 Å². The maximum Gasteiger partial charge on any atom is 0.328 e. The summed E-state index contributed by atoms with van der Waals surface area (Å²) in [4.78, 5) is 39.5. The van der Waals surface area contributed by atoms with E-state index in [0.717, 1.165) is 22.8 Å². The third kappa shape index (κ3) is 4.92. The van der Waals surface area contributed by atoms with Gasteiger partial charge < -0.3 is 9.15 Å². The van der Waals surface area contributed by atoms with Crippen molar-refractivity contribution in [3.05, 3.63) is 89.1 Å². The summed E-state index contributed by atoms with van der Waals surface area (Å²) in [5.74, 6) is 0.643. The molecule has 2 heterocycles. The quantitative estimate of drug-likeness (QED) is 0.537. The van der Waals surface area contributed by atoms with Crippen LogP contribution in [0, 0.1) is 6.92 Å². The van der Waals surface area contributed by atoms with E-state index in [-0.39, 0.29) is 5.57 Å². The molecule has 8 heteroatoms. The van der Waals surface area contributed by atoms with E-state index < -0.39 is 17.8 Å². The van der Waals surface area contributed by atoms with Crippen LogP contribution in [0.15, 0.2) is 82.0 Å². The van der Waals surface area contributed by atoms with Crippen molar-refractivity contribution in [1.29, 1.82) is 0 Å². The first-order valence-electron chi connectivity index (χ1n) is 10.1. The van der Waals surface area contributed by atoms with Gasteiger partial charge in [0.25, 0.3) is 11.8 Å². The molecule has 0 bridgehead atoms. The minimum absolute atomic E-state index is 0.131. The predicted molar refractivity (Wildman–Crippen MR) is 116 cm³/mol. The van der Waals surface area contributed by atoms with Crippen molar-refractivity contribution < 1.29 is 23.5 Å². The van der Waals surface area contributed by atoms with Crippen LogP contribution >= 0.6 is 0 Å². The summed E-state index contributed by atoms with van der Waals surface area (Å²) in [5, 5.41) is 4.10. The van der Waals surface area contributed by atoms with E-state index in [2.05, 4.69) is 15.6 Å². The predicted octanol–water partition coefficient (Wildman–Crippen LogP) is 3.27. The molecular weight excluding hydrogens is 410 g/mol. The summed E-state index contributed by atoms with van der Waals surface area (Å²) in [5.41, 5.74) is 2.28. The number of ether oxygens (including phenoxy) is 1.